The number of carbonyl (C=O) groups excluding carboxylic acids is 1. The number of aromatic amines is 1. The van der Waals surface area contributed by atoms with E-state index in [1.807, 2.05) is 33.8 Å². The van der Waals surface area contributed by atoms with E-state index in [2.05, 4.69) is 4.98 Å². The van der Waals surface area contributed by atoms with Crippen molar-refractivity contribution >= 4 is 17.4 Å². The first-order valence-corrected chi connectivity index (χ1v) is 9.69. The molecule has 29 heavy (non-hydrogen) atoms. The molecular weight excluding hydrogens is 372 g/mol. The van der Waals surface area contributed by atoms with Gasteiger partial charge in [0.2, 0.25) is 5.91 Å². The first kappa shape index (κ1) is 22.3. The van der Waals surface area contributed by atoms with Crippen molar-refractivity contribution in [3.63, 3.8) is 0 Å². The van der Waals surface area contributed by atoms with Crippen LogP contribution in [0.25, 0.3) is 0 Å². The number of methoxy groups -OCH3 is 1. The van der Waals surface area contributed by atoms with Gasteiger partial charge in [0.1, 0.15) is 11.6 Å². The lowest BCUT2D eigenvalue weighted by Crippen LogP contribution is -2.43. The highest BCUT2D eigenvalue weighted by molar-refractivity contribution is 5.96. The van der Waals surface area contributed by atoms with E-state index < -0.39 is 11.2 Å². The van der Waals surface area contributed by atoms with Crippen molar-refractivity contribution in [3.8, 4) is 5.75 Å². The van der Waals surface area contributed by atoms with Crippen molar-refractivity contribution in [2.75, 3.05) is 24.3 Å². The Morgan fingerprint density at radius 1 is 1.21 bits per heavy atom. The largest absolute Gasteiger partial charge is 0.497 e. The molecule has 0 saturated carbocycles. The zero-order valence-electron chi connectivity index (χ0n) is 17.7. The number of nitrogens with zero attached hydrogens (tertiary/aromatic N) is 2. The van der Waals surface area contributed by atoms with Crippen molar-refractivity contribution in [1.82, 2.24) is 9.55 Å². The van der Waals surface area contributed by atoms with Crippen LogP contribution < -0.4 is 26.6 Å². The molecule has 1 amide bonds. The number of anilines is 2. The van der Waals surface area contributed by atoms with Gasteiger partial charge in [0.25, 0.3) is 5.56 Å². The van der Waals surface area contributed by atoms with Crippen molar-refractivity contribution in [3.05, 3.63) is 50.7 Å². The summed E-state index contributed by atoms with van der Waals surface area (Å²) in [6, 6.07) is 7.20. The predicted octanol–water partition coefficient (Wildman–Crippen LogP) is 2.02. The monoisotopic (exact) mass is 402 g/mol. The SMILES string of the molecule is COc1cccc(CC(=O)N(CC(C)C)c2c(N)n(CC(C)C)c(=O)[nH]c2=O)c1. The Morgan fingerprint density at radius 3 is 2.48 bits per heavy atom. The number of H-pyrrole nitrogens is 1. The van der Waals surface area contributed by atoms with Crippen LogP contribution in [0.4, 0.5) is 11.5 Å². The molecule has 0 aliphatic carbocycles. The summed E-state index contributed by atoms with van der Waals surface area (Å²) in [7, 11) is 1.56. The Hall–Kier alpha value is -3.03. The van der Waals surface area contributed by atoms with Gasteiger partial charge in [0, 0.05) is 13.1 Å². The van der Waals surface area contributed by atoms with E-state index in [0.29, 0.717) is 18.8 Å². The molecule has 1 aromatic heterocycles. The van der Waals surface area contributed by atoms with Gasteiger partial charge in [-0.1, -0.05) is 39.8 Å². The van der Waals surface area contributed by atoms with Gasteiger partial charge in [-0.05, 0) is 29.5 Å². The molecule has 0 radical (unpaired) electrons. The summed E-state index contributed by atoms with van der Waals surface area (Å²) in [6.45, 7) is 8.41. The zero-order valence-corrected chi connectivity index (χ0v) is 17.7. The Labute approximate surface area is 170 Å². The van der Waals surface area contributed by atoms with Crippen LogP contribution in [0.15, 0.2) is 33.9 Å². The molecule has 0 atom stereocenters. The topological polar surface area (TPSA) is 110 Å². The summed E-state index contributed by atoms with van der Waals surface area (Å²) in [4.78, 5) is 41.7. The average molecular weight is 402 g/mol. The van der Waals surface area contributed by atoms with Gasteiger partial charge in [0.15, 0.2) is 5.69 Å². The molecule has 8 nitrogen and oxygen atoms in total. The fraction of sp³-hybridized carbons (Fsp3) is 0.476. The van der Waals surface area contributed by atoms with E-state index in [0.717, 1.165) is 5.56 Å². The number of rotatable bonds is 8. The van der Waals surface area contributed by atoms with Crippen molar-refractivity contribution in [2.45, 2.75) is 40.7 Å². The third-order valence-corrected chi connectivity index (χ3v) is 4.37. The maximum absolute atomic E-state index is 13.2. The molecular formula is C21H30N4O4. The first-order valence-electron chi connectivity index (χ1n) is 9.69. The van der Waals surface area contributed by atoms with E-state index in [9.17, 15) is 14.4 Å². The number of amides is 1. The van der Waals surface area contributed by atoms with Crippen LogP contribution in [0.5, 0.6) is 5.75 Å². The van der Waals surface area contributed by atoms with Crippen LogP contribution in [0, 0.1) is 11.8 Å². The number of hydrogen-bond donors (Lipinski definition) is 2. The van der Waals surface area contributed by atoms with Gasteiger partial charge in [0.05, 0.1) is 13.5 Å². The number of aromatic nitrogens is 2. The van der Waals surface area contributed by atoms with E-state index in [-0.39, 0.29) is 35.7 Å². The van der Waals surface area contributed by atoms with Crippen LogP contribution >= 0.6 is 0 Å². The lowest BCUT2D eigenvalue weighted by Gasteiger charge is -2.26. The summed E-state index contributed by atoms with van der Waals surface area (Å²) in [5.41, 5.74) is 5.76. The summed E-state index contributed by atoms with van der Waals surface area (Å²) in [5, 5.41) is 0. The number of ether oxygens (including phenoxy) is 1. The fourth-order valence-electron chi connectivity index (χ4n) is 3.12. The second-order valence-electron chi connectivity index (χ2n) is 7.92. The smallest absolute Gasteiger partial charge is 0.330 e. The number of nitrogens with one attached hydrogen (secondary N) is 1. The minimum Gasteiger partial charge on any atom is -0.497 e. The molecule has 0 aliphatic heterocycles. The minimum absolute atomic E-state index is 0.00657. The fourth-order valence-corrected chi connectivity index (χ4v) is 3.12. The van der Waals surface area contributed by atoms with Gasteiger partial charge >= 0.3 is 5.69 Å². The highest BCUT2D eigenvalue weighted by Gasteiger charge is 2.25. The van der Waals surface area contributed by atoms with Gasteiger partial charge in [-0.25, -0.2) is 4.79 Å². The molecule has 8 heteroatoms. The molecule has 3 N–H and O–H groups in total. The Kier molecular flexibility index (Phi) is 7.25. The number of hydrogen-bond acceptors (Lipinski definition) is 5. The highest BCUT2D eigenvalue weighted by atomic mass is 16.5. The van der Waals surface area contributed by atoms with Crippen LogP contribution in [0.3, 0.4) is 0 Å². The number of benzene rings is 1. The molecule has 0 fully saturated rings. The normalized spacial score (nSPS) is 11.1. The summed E-state index contributed by atoms with van der Waals surface area (Å²) < 4.78 is 6.53. The molecule has 1 heterocycles. The van der Waals surface area contributed by atoms with Gasteiger partial charge in [-0.2, -0.15) is 0 Å². The number of nitrogens with two attached hydrogens (primary N) is 1. The Balaban J connectivity index is 2.50. The van der Waals surface area contributed by atoms with Gasteiger partial charge in [-0.3, -0.25) is 19.1 Å². The molecule has 0 aliphatic rings. The second kappa shape index (κ2) is 9.45. The molecule has 158 valence electrons. The minimum atomic E-state index is -0.660. The molecule has 0 spiro atoms. The summed E-state index contributed by atoms with van der Waals surface area (Å²) >= 11 is 0. The second-order valence-corrected chi connectivity index (χ2v) is 7.92. The Bertz CT molecular complexity index is 975. The quantitative estimate of drug-likeness (QED) is 0.702. The highest BCUT2D eigenvalue weighted by Crippen LogP contribution is 2.21. The molecule has 1 aromatic carbocycles. The van der Waals surface area contributed by atoms with E-state index in [4.69, 9.17) is 10.5 Å². The molecule has 2 aromatic rings. The molecule has 0 unspecified atom stereocenters. The van der Waals surface area contributed by atoms with E-state index in [1.165, 1.54) is 9.47 Å². The lowest BCUT2D eigenvalue weighted by molar-refractivity contribution is -0.118. The van der Waals surface area contributed by atoms with Gasteiger partial charge in [-0.15, -0.1) is 0 Å². The van der Waals surface area contributed by atoms with Crippen molar-refractivity contribution in [2.24, 2.45) is 11.8 Å². The average Bonchev–Trinajstić information content (AvgIpc) is 2.63. The van der Waals surface area contributed by atoms with E-state index in [1.54, 1.807) is 25.3 Å². The van der Waals surface area contributed by atoms with Crippen LogP contribution in [0.2, 0.25) is 0 Å². The molecule has 0 bridgehead atoms. The number of nitrogen functional groups attached to an aromatic ring is 1. The number of carbonyl (C=O) groups is 1. The van der Waals surface area contributed by atoms with Crippen molar-refractivity contribution in [1.29, 1.82) is 0 Å². The maximum Gasteiger partial charge on any atom is 0.330 e. The van der Waals surface area contributed by atoms with Gasteiger partial charge < -0.3 is 15.4 Å². The zero-order chi connectivity index (χ0) is 21.7. The summed E-state index contributed by atoms with van der Waals surface area (Å²) in [5.74, 6) is 0.605. The van der Waals surface area contributed by atoms with Crippen LogP contribution in [0.1, 0.15) is 33.3 Å². The van der Waals surface area contributed by atoms with E-state index >= 15 is 0 Å². The maximum atomic E-state index is 13.2. The van der Waals surface area contributed by atoms with Crippen LogP contribution in [-0.4, -0.2) is 29.1 Å². The first-order chi connectivity index (χ1) is 13.6. The third kappa shape index (κ3) is 5.49. The standard InChI is InChI=1S/C21H30N4O4/c1-13(2)11-24(17(26)10-15-7-6-8-16(9-15)29-5)18-19(22)25(12-14(3)4)21(28)23-20(18)27/h6-9,13-14H,10-12,22H2,1-5H3,(H,23,27,28). The molecule has 0 saturated heterocycles. The van der Waals surface area contributed by atoms with Crippen LogP contribution in [-0.2, 0) is 17.8 Å². The summed E-state index contributed by atoms with van der Waals surface area (Å²) in [6.07, 6.45) is 0.0755. The third-order valence-electron chi connectivity index (χ3n) is 4.37. The Morgan fingerprint density at radius 2 is 1.90 bits per heavy atom. The predicted molar refractivity (Wildman–Crippen MR) is 114 cm³/mol. The molecule has 2 rings (SSSR count). The van der Waals surface area contributed by atoms with Crippen molar-refractivity contribution < 1.29 is 9.53 Å². The lowest BCUT2D eigenvalue weighted by atomic mass is 10.1.